The Kier molecular flexibility index (Phi) is 8.47. The molecule has 33 heavy (non-hydrogen) atoms. The quantitative estimate of drug-likeness (QED) is 0.254. The van der Waals surface area contributed by atoms with Gasteiger partial charge in [0.05, 0.1) is 0 Å². The van der Waals surface area contributed by atoms with Crippen LogP contribution in [-0.2, 0) is 0 Å². The van der Waals surface area contributed by atoms with Crippen LogP contribution in [0, 0.1) is 0 Å². The minimum absolute atomic E-state index is 0.0251. The number of ether oxygens (including phenoxy) is 2. The average molecular weight is 498 g/mol. The van der Waals surface area contributed by atoms with Crippen LogP contribution in [0.25, 0.3) is 0 Å². The van der Waals surface area contributed by atoms with Gasteiger partial charge in [0, 0.05) is 35.1 Å². The van der Waals surface area contributed by atoms with E-state index in [1.165, 1.54) is 19.1 Å². The van der Waals surface area contributed by atoms with Crippen LogP contribution in [-0.4, -0.2) is 42.6 Å². The summed E-state index contributed by atoms with van der Waals surface area (Å²) in [7, 11) is 0. The molecule has 0 amide bonds. The number of alkyl halides is 7. The molecular weight excluding hydrogens is 481 g/mol. The molecule has 2 aromatic rings. The van der Waals surface area contributed by atoms with E-state index in [1.54, 1.807) is 12.1 Å². The smallest absolute Gasteiger partial charge is 0.422 e. The predicted octanol–water partition coefficient (Wildman–Crippen LogP) is 5.92. The lowest BCUT2D eigenvalue weighted by atomic mass is 10.1. The molecule has 2 rings (SSSR count). The number of hydrogen-bond acceptors (Lipinski definition) is 4. The third kappa shape index (κ3) is 8.75. The Morgan fingerprint density at radius 1 is 0.909 bits per heavy atom. The van der Waals surface area contributed by atoms with Crippen molar-refractivity contribution >= 4 is 34.5 Å². The number of benzene rings is 2. The second-order valence-electron chi connectivity index (χ2n) is 6.66. The third-order valence-electron chi connectivity index (χ3n) is 3.84. The largest absolute Gasteiger partial charge is 0.487 e. The summed E-state index contributed by atoms with van der Waals surface area (Å²) in [5.41, 5.74) is 0.897. The SMILES string of the molecule is CC(=O)c1ccc(NC(=S)Nc2cc(OCC(F)(F)F)cc(OCC(F)(F)C(F)F)c2)cc1. The molecule has 0 unspecified atom stereocenters. The molecule has 0 bridgehead atoms. The Bertz CT molecular complexity index is 983. The summed E-state index contributed by atoms with van der Waals surface area (Å²) in [5, 5.41) is 5.30. The third-order valence-corrected chi connectivity index (χ3v) is 4.04. The zero-order valence-corrected chi connectivity index (χ0v) is 17.6. The maximum absolute atomic E-state index is 13.1. The summed E-state index contributed by atoms with van der Waals surface area (Å²) in [4.78, 5) is 11.3. The van der Waals surface area contributed by atoms with Crippen LogP contribution in [0.2, 0.25) is 0 Å². The lowest BCUT2D eigenvalue weighted by Gasteiger charge is -2.18. The molecule has 0 aliphatic carbocycles. The first kappa shape index (κ1) is 26.2. The highest BCUT2D eigenvalue weighted by molar-refractivity contribution is 7.80. The highest BCUT2D eigenvalue weighted by Gasteiger charge is 2.41. The van der Waals surface area contributed by atoms with E-state index >= 15 is 0 Å². The van der Waals surface area contributed by atoms with Crippen LogP contribution in [0.4, 0.5) is 42.1 Å². The molecule has 0 atom stereocenters. The number of rotatable bonds is 9. The first-order valence-electron chi connectivity index (χ1n) is 9.07. The first-order valence-corrected chi connectivity index (χ1v) is 9.48. The number of hydrogen-bond donors (Lipinski definition) is 2. The fourth-order valence-corrected chi connectivity index (χ4v) is 2.54. The van der Waals surface area contributed by atoms with Gasteiger partial charge < -0.3 is 20.1 Å². The molecule has 2 N–H and O–H groups in total. The number of halogens is 7. The molecule has 0 aromatic heterocycles. The summed E-state index contributed by atoms with van der Waals surface area (Å²) >= 11 is 5.10. The number of Topliss-reactive ketones (excluding diaryl/α,β-unsaturated/α-hetero) is 1. The standard InChI is InChI=1S/C20H17F7N2O3S/c1-11(30)12-2-4-13(5-3-12)28-18(33)29-14-6-15(31-9-19(23,24)17(21)22)8-16(7-14)32-10-20(25,26)27/h2-8,17H,9-10H2,1H3,(H2,28,29,33). The van der Waals surface area contributed by atoms with Crippen molar-refractivity contribution in [1.29, 1.82) is 0 Å². The number of nitrogens with one attached hydrogen (secondary N) is 2. The van der Waals surface area contributed by atoms with Gasteiger partial charge in [-0.2, -0.15) is 22.0 Å². The average Bonchev–Trinajstić information content (AvgIpc) is 2.70. The molecule has 0 saturated heterocycles. The minimum Gasteiger partial charge on any atom is -0.487 e. The van der Waals surface area contributed by atoms with Crippen LogP contribution in [0.1, 0.15) is 17.3 Å². The van der Waals surface area contributed by atoms with Crippen molar-refractivity contribution in [2.75, 3.05) is 23.8 Å². The first-order chi connectivity index (χ1) is 15.2. The van der Waals surface area contributed by atoms with E-state index in [1.807, 2.05) is 0 Å². The van der Waals surface area contributed by atoms with Crippen LogP contribution < -0.4 is 20.1 Å². The monoisotopic (exact) mass is 498 g/mol. The van der Waals surface area contributed by atoms with Crippen molar-refractivity contribution in [3.8, 4) is 11.5 Å². The van der Waals surface area contributed by atoms with Gasteiger partial charge in [-0.1, -0.05) is 0 Å². The van der Waals surface area contributed by atoms with E-state index < -0.39 is 43.2 Å². The molecule has 0 aliphatic rings. The lowest BCUT2D eigenvalue weighted by molar-refractivity contribution is -0.153. The Morgan fingerprint density at radius 3 is 1.91 bits per heavy atom. The van der Waals surface area contributed by atoms with Gasteiger partial charge in [-0.25, -0.2) is 8.78 Å². The highest BCUT2D eigenvalue weighted by Crippen LogP contribution is 2.30. The van der Waals surface area contributed by atoms with E-state index in [9.17, 15) is 35.5 Å². The summed E-state index contributed by atoms with van der Waals surface area (Å²) in [6.07, 6.45) is -8.68. The number of anilines is 2. The van der Waals surface area contributed by atoms with Gasteiger partial charge in [0.25, 0.3) is 0 Å². The van der Waals surface area contributed by atoms with Crippen molar-refractivity contribution in [2.24, 2.45) is 0 Å². The molecule has 0 radical (unpaired) electrons. The minimum atomic E-state index is -4.68. The Balaban J connectivity index is 2.16. The maximum Gasteiger partial charge on any atom is 0.422 e. The fourth-order valence-electron chi connectivity index (χ4n) is 2.30. The van der Waals surface area contributed by atoms with E-state index in [2.05, 4.69) is 20.1 Å². The van der Waals surface area contributed by atoms with Gasteiger partial charge in [0.15, 0.2) is 24.1 Å². The van der Waals surface area contributed by atoms with E-state index in [4.69, 9.17) is 12.2 Å². The topological polar surface area (TPSA) is 59.6 Å². The molecule has 2 aromatic carbocycles. The van der Waals surface area contributed by atoms with Gasteiger partial charge in [-0.05, 0) is 43.4 Å². The molecule has 5 nitrogen and oxygen atoms in total. The lowest BCUT2D eigenvalue weighted by Crippen LogP contribution is -2.33. The zero-order chi connectivity index (χ0) is 24.8. The molecule has 0 aliphatic heterocycles. The van der Waals surface area contributed by atoms with Gasteiger partial charge in [0.1, 0.15) is 11.5 Å². The van der Waals surface area contributed by atoms with Crippen molar-refractivity contribution in [3.05, 3.63) is 48.0 Å². The van der Waals surface area contributed by atoms with Gasteiger partial charge >= 0.3 is 18.5 Å². The summed E-state index contributed by atoms with van der Waals surface area (Å²) in [6.45, 7) is -2.01. The van der Waals surface area contributed by atoms with Gasteiger partial charge in [-0.15, -0.1) is 0 Å². The van der Waals surface area contributed by atoms with Crippen molar-refractivity contribution in [3.63, 3.8) is 0 Å². The van der Waals surface area contributed by atoms with Gasteiger partial charge in [0.2, 0.25) is 0 Å². The second-order valence-corrected chi connectivity index (χ2v) is 7.07. The van der Waals surface area contributed by atoms with Crippen LogP contribution in [0.15, 0.2) is 42.5 Å². The van der Waals surface area contributed by atoms with E-state index in [-0.39, 0.29) is 16.6 Å². The molecule has 180 valence electrons. The van der Waals surface area contributed by atoms with E-state index in [0.29, 0.717) is 11.3 Å². The molecule has 0 saturated carbocycles. The Labute approximate surface area is 188 Å². The predicted molar refractivity (Wildman–Crippen MR) is 111 cm³/mol. The summed E-state index contributed by atoms with van der Waals surface area (Å²) in [6, 6.07) is 9.16. The number of ketones is 1. The fraction of sp³-hybridized carbons (Fsp3) is 0.300. The number of thiocarbonyl (C=S) groups is 1. The summed E-state index contributed by atoms with van der Waals surface area (Å²) in [5.74, 6) is -5.51. The second kappa shape index (κ2) is 10.7. The normalized spacial score (nSPS) is 11.8. The zero-order valence-electron chi connectivity index (χ0n) is 16.8. The molecule has 0 fully saturated rings. The molecule has 0 heterocycles. The number of carbonyl (C=O) groups is 1. The van der Waals surface area contributed by atoms with Gasteiger partial charge in [-0.3, -0.25) is 4.79 Å². The van der Waals surface area contributed by atoms with Crippen LogP contribution >= 0.6 is 12.2 Å². The van der Waals surface area contributed by atoms with Crippen molar-refractivity contribution in [1.82, 2.24) is 0 Å². The highest BCUT2D eigenvalue weighted by atomic mass is 32.1. The Hall–Kier alpha value is -3.09. The maximum atomic E-state index is 13.1. The van der Waals surface area contributed by atoms with Crippen LogP contribution in [0.5, 0.6) is 11.5 Å². The van der Waals surface area contributed by atoms with Crippen LogP contribution in [0.3, 0.4) is 0 Å². The molecule has 13 heteroatoms. The molecular formula is C20H17F7N2O3S. The molecule has 0 spiro atoms. The van der Waals surface area contributed by atoms with Crippen molar-refractivity contribution in [2.45, 2.75) is 25.4 Å². The number of carbonyl (C=O) groups excluding carboxylic acids is 1. The summed E-state index contributed by atoms with van der Waals surface area (Å²) < 4.78 is 97.6. The Morgan fingerprint density at radius 2 is 1.42 bits per heavy atom. The van der Waals surface area contributed by atoms with Crippen molar-refractivity contribution < 1.29 is 45.0 Å². The van der Waals surface area contributed by atoms with E-state index in [0.717, 1.165) is 18.2 Å².